The van der Waals surface area contributed by atoms with E-state index in [2.05, 4.69) is 10.3 Å². The van der Waals surface area contributed by atoms with Gasteiger partial charge in [-0.25, -0.2) is 0 Å². The first-order valence-electron chi connectivity index (χ1n) is 6.89. The van der Waals surface area contributed by atoms with Crippen molar-refractivity contribution in [2.75, 3.05) is 26.7 Å². The largest absolute Gasteiger partial charge is 0.433 e. The third-order valence-corrected chi connectivity index (χ3v) is 3.60. The molecule has 21 heavy (non-hydrogen) atoms. The lowest BCUT2D eigenvalue weighted by Gasteiger charge is -2.32. The molecule has 0 unspecified atom stereocenters. The van der Waals surface area contributed by atoms with E-state index in [0.717, 1.165) is 31.6 Å². The van der Waals surface area contributed by atoms with Crippen molar-refractivity contribution in [3.63, 3.8) is 0 Å². The maximum atomic E-state index is 12.4. The van der Waals surface area contributed by atoms with Gasteiger partial charge in [0, 0.05) is 19.3 Å². The highest BCUT2D eigenvalue weighted by Crippen LogP contribution is 2.27. The fraction of sp³-hybridized carbons (Fsp3) is 0.571. The Kier molecular flexibility index (Phi) is 4.82. The number of aromatic nitrogens is 1. The molecule has 0 aromatic carbocycles. The summed E-state index contributed by atoms with van der Waals surface area (Å²) in [6, 6.07) is 2.04. The lowest BCUT2D eigenvalue weighted by molar-refractivity contribution is -0.141. The molecule has 0 saturated carbocycles. The molecule has 0 spiro atoms. The molecule has 1 aromatic heterocycles. The van der Waals surface area contributed by atoms with E-state index in [-0.39, 0.29) is 11.5 Å². The Balaban J connectivity index is 2.05. The highest BCUT2D eigenvalue weighted by Gasteiger charge is 2.32. The second kappa shape index (κ2) is 6.43. The summed E-state index contributed by atoms with van der Waals surface area (Å²) in [5.41, 5.74) is -0.779. The van der Waals surface area contributed by atoms with Crippen LogP contribution < -0.4 is 5.32 Å². The fourth-order valence-corrected chi connectivity index (χ4v) is 2.58. The molecule has 2 rings (SSSR count). The van der Waals surface area contributed by atoms with E-state index in [1.807, 2.05) is 7.05 Å². The first kappa shape index (κ1) is 15.8. The number of carbonyl (C=O) groups is 1. The van der Waals surface area contributed by atoms with Gasteiger partial charge in [0.15, 0.2) is 0 Å². The van der Waals surface area contributed by atoms with Crippen LogP contribution in [0.3, 0.4) is 0 Å². The molecule has 1 saturated heterocycles. The predicted molar refractivity (Wildman–Crippen MR) is 71.8 cm³/mol. The minimum absolute atomic E-state index is 0.202. The summed E-state index contributed by atoms with van der Waals surface area (Å²) >= 11 is 0. The summed E-state index contributed by atoms with van der Waals surface area (Å²) in [7, 11) is 1.86. The van der Waals surface area contributed by atoms with Gasteiger partial charge >= 0.3 is 6.18 Å². The molecule has 1 aliphatic rings. The summed E-state index contributed by atoms with van der Waals surface area (Å²) in [6.07, 6.45) is -1.51. The molecule has 0 radical (unpaired) electrons. The van der Waals surface area contributed by atoms with Crippen molar-refractivity contribution in [2.45, 2.75) is 19.0 Å². The van der Waals surface area contributed by atoms with Gasteiger partial charge in [-0.05, 0) is 44.5 Å². The van der Waals surface area contributed by atoms with E-state index >= 15 is 0 Å². The van der Waals surface area contributed by atoms with E-state index < -0.39 is 11.9 Å². The molecule has 1 aliphatic heterocycles. The van der Waals surface area contributed by atoms with Crippen molar-refractivity contribution >= 4 is 5.91 Å². The van der Waals surface area contributed by atoms with Gasteiger partial charge in [-0.2, -0.15) is 13.2 Å². The number of nitrogens with one attached hydrogen (secondary N) is 1. The van der Waals surface area contributed by atoms with Crippen LogP contribution in [-0.4, -0.2) is 42.5 Å². The molecule has 0 aliphatic carbocycles. The number of likely N-dealkylation sites (tertiary alicyclic amines) is 1. The van der Waals surface area contributed by atoms with Crippen molar-refractivity contribution < 1.29 is 18.0 Å². The quantitative estimate of drug-likeness (QED) is 0.930. The smallest absolute Gasteiger partial charge is 0.338 e. The van der Waals surface area contributed by atoms with Crippen LogP contribution in [0.4, 0.5) is 13.2 Å². The number of amides is 1. The minimum atomic E-state index is -4.48. The Bertz CT molecular complexity index is 485. The molecule has 1 amide bonds. The van der Waals surface area contributed by atoms with E-state index in [1.54, 1.807) is 4.90 Å². The van der Waals surface area contributed by atoms with Crippen molar-refractivity contribution in [1.82, 2.24) is 15.2 Å². The Hall–Kier alpha value is -1.63. The van der Waals surface area contributed by atoms with Gasteiger partial charge in [0.25, 0.3) is 5.91 Å². The highest BCUT2D eigenvalue weighted by molar-refractivity contribution is 5.94. The van der Waals surface area contributed by atoms with Crippen molar-refractivity contribution in [1.29, 1.82) is 0 Å². The third kappa shape index (κ3) is 3.93. The Morgan fingerprint density at radius 3 is 2.81 bits per heavy atom. The average molecular weight is 301 g/mol. The lowest BCUT2D eigenvalue weighted by Crippen LogP contribution is -2.42. The zero-order chi connectivity index (χ0) is 15.5. The van der Waals surface area contributed by atoms with Gasteiger partial charge in [-0.3, -0.25) is 9.78 Å². The lowest BCUT2D eigenvalue weighted by atomic mass is 9.97. The molecule has 7 heteroatoms. The fourth-order valence-electron chi connectivity index (χ4n) is 2.58. The molecule has 0 bridgehead atoms. The van der Waals surface area contributed by atoms with Crippen molar-refractivity contribution in [3.8, 4) is 0 Å². The number of pyridine rings is 1. The number of alkyl halides is 3. The third-order valence-electron chi connectivity index (χ3n) is 3.60. The molecule has 1 atom stereocenters. The highest BCUT2D eigenvalue weighted by atomic mass is 19.4. The van der Waals surface area contributed by atoms with Gasteiger partial charge in [0.05, 0.1) is 5.56 Å². The van der Waals surface area contributed by atoms with Crippen molar-refractivity contribution in [2.24, 2.45) is 5.92 Å². The molecule has 1 fully saturated rings. The van der Waals surface area contributed by atoms with Crippen LogP contribution >= 0.6 is 0 Å². The van der Waals surface area contributed by atoms with Crippen LogP contribution in [0, 0.1) is 5.92 Å². The maximum absolute atomic E-state index is 12.4. The Morgan fingerprint density at radius 1 is 1.48 bits per heavy atom. The minimum Gasteiger partial charge on any atom is -0.338 e. The molecule has 116 valence electrons. The standard InChI is InChI=1S/C14H18F3N3O/c1-18-7-10-3-2-6-20(9-10)13(21)11-4-5-12(19-8-11)14(15,16)17/h4-5,8,10,18H,2-3,6-7,9H2,1H3/t10-/m0/s1. The average Bonchev–Trinajstić information content (AvgIpc) is 2.46. The molecule has 4 nitrogen and oxygen atoms in total. The van der Waals surface area contributed by atoms with E-state index in [1.165, 1.54) is 6.07 Å². The zero-order valence-electron chi connectivity index (χ0n) is 11.8. The van der Waals surface area contributed by atoms with Gasteiger partial charge in [-0.15, -0.1) is 0 Å². The topological polar surface area (TPSA) is 45.2 Å². The normalized spacial score (nSPS) is 19.6. The molecule has 2 heterocycles. The number of carbonyl (C=O) groups excluding carboxylic acids is 1. The van der Waals surface area contributed by atoms with Crippen LogP contribution in [0.2, 0.25) is 0 Å². The first-order valence-corrected chi connectivity index (χ1v) is 6.89. The van der Waals surface area contributed by atoms with Crippen LogP contribution in [0.5, 0.6) is 0 Å². The van der Waals surface area contributed by atoms with Crippen LogP contribution in [0.25, 0.3) is 0 Å². The zero-order valence-corrected chi connectivity index (χ0v) is 11.8. The van der Waals surface area contributed by atoms with Gasteiger partial charge in [0.1, 0.15) is 5.69 Å². The Morgan fingerprint density at radius 2 is 2.24 bits per heavy atom. The summed E-state index contributed by atoms with van der Waals surface area (Å²) in [5.74, 6) is 0.132. The molecule has 1 N–H and O–H groups in total. The molecule has 1 aromatic rings. The number of rotatable bonds is 3. The Labute approximate surface area is 121 Å². The molecular formula is C14H18F3N3O. The summed E-state index contributed by atoms with van der Waals surface area (Å²) in [4.78, 5) is 17.3. The monoisotopic (exact) mass is 301 g/mol. The number of hydrogen-bond donors (Lipinski definition) is 1. The summed E-state index contributed by atoms with van der Waals surface area (Å²) in [6.45, 7) is 2.09. The van der Waals surface area contributed by atoms with Gasteiger partial charge < -0.3 is 10.2 Å². The molecular weight excluding hydrogens is 283 g/mol. The SMILES string of the molecule is CNC[C@@H]1CCCN(C(=O)c2ccc(C(F)(F)F)nc2)C1. The number of nitrogens with zero attached hydrogens (tertiary/aromatic N) is 2. The number of piperidine rings is 1. The summed E-state index contributed by atoms with van der Waals surface area (Å²) in [5, 5.41) is 3.09. The number of halogens is 3. The van der Waals surface area contributed by atoms with Crippen LogP contribution in [-0.2, 0) is 6.18 Å². The van der Waals surface area contributed by atoms with Crippen LogP contribution in [0.15, 0.2) is 18.3 Å². The van der Waals surface area contributed by atoms with E-state index in [4.69, 9.17) is 0 Å². The van der Waals surface area contributed by atoms with E-state index in [9.17, 15) is 18.0 Å². The first-order chi connectivity index (χ1) is 9.91. The van der Waals surface area contributed by atoms with Crippen LogP contribution in [0.1, 0.15) is 28.9 Å². The van der Waals surface area contributed by atoms with E-state index in [0.29, 0.717) is 19.0 Å². The predicted octanol–water partition coefficient (Wildman–Crippen LogP) is 2.17. The van der Waals surface area contributed by atoms with Gasteiger partial charge in [0.2, 0.25) is 0 Å². The second-order valence-corrected chi connectivity index (χ2v) is 5.25. The second-order valence-electron chi connectivity index (χ2n) is 5.25. The van der Waals surface area contributed by atoms with Gasteiger partial charge in [-0.1, -0.05) is 0 Å². The van der Waals surface area contributed by atoms with Crippen molar-refractivity contribution in [3.05, 3.63) is 29.6 Å². The number of hydrogen-bond acceptors (Lipinski definition) is 3. The summed E-state index contributed by atoms with van der Waals surface area (Å²) < 4.78 is 37.3. The maximum Gasteiger partial charge on any atom is 0.433 e.